The van der Waals surface area contributed by atoms with Gasteiger partial charge in [-0.1, -0.05) is 48.9 Å². The molecule has 1 fully saturated rings. The van der Waals surface area contributed by atoms with E-state index in [0.29, 0.717) is 6.42 Å². The van der Waals surface area contributed by atoms with Gasteiger partial charge < -0.3 is 5.11 Å². The summed E-state index contributed by atoms with van der Waals surface area (Å²) in [5, 5.41) is 12.2. The highest BCUT2D eigenvalue weighted by atomic mass is 16.4. The molecule has 1 N–H and O–H groups in total. The van der Waals surface area contributed by atoms with Crippen LogP contribution in [0.1, 0.15) is 31.7 Å². The maximum atomic E-state index is 12.0. The molecule has 0 aliphatic carbocycles. The first-order valence-electron chi connectivity index (χ1n) is 8.06. The first-order chi connectivity index (χ1) is 10.6. The van der Waals surface area contributed by atoms with Crippen LogP contribution in [0.4, 0.5) is 0 Å². The number of benzene rings is 2. The molecule has 0 amide bonds. The molecule has 0 spiro atoms. The molecule has 0 radical (unpaired) electrons. The molecule has 1 unspecified atom stereocenters. The van der Waals surface area contributed by atoms with Crippen molar-refractivity contribution < 1.29 is 9.90 Å². The van der Waals surface area contributed by atoms with Gasteiger partial charge in [0.05, 0.1) is 0 Å². The van der Waals surface area contributed by atoms with E-state index in [9.17, 15) is 9.90 Å². The first kappa shape index (κ1) is 15.0. The molecule has 0 bridgehead atoms. The van der Waals surface area contributed by atoms with Crippen LogP contribution in [0, 0.1) is 0 Å². The van der Waals surface area contributed by atoms with Crippen molar-refractivity contribution in [3.05, 3.63) is 48.0 Å². The lowest BCUT2D eigenvalue weighted by Crippen LogP contribution is -2.55. The minimum absolute atomic E-state index is 0.545. The van der Waals surface area contributed by atoms with Gasteiger partial charge >= 0.3 is 5.97 Å². The van der Waals surface area contributed by atoms with Gasteiger partial charge in [-0.05, 0) is 49.2 Å². The number of fused-ring (bicyclic) bond motifs is 1. The molecule has 2 aromatic rings. The maximum absolute atomic E-state index is 12.0. The highest BCUT2D eigenvalue weighted by Gasteiger charge is 2.40. The zero-order valence-electron chi connectivity index (χ0n) is 13.1. The Labute approximate surface area is 131 Å². The van der Waals surface area contributed by atoms with Crippen molar-refractivity contribution >= 4 is 16.7 Å². The van der Waals surface area contributed by atoms with Gasteiger partial charge in [-0.2, -0.15) is 0 Å². The molecule has 1 aliphatic heterocycles. The molecule has 1 saturated heterocycles. The molecule has 3 nitrogen and oxygen atoms in total. The van der Waals surface area contributed by atoms with Crippen molar-refractivity contribution in [1.29, 1.82) is 0 Å². The Morgan fingerprint density at radius 3 is 2.50 bits per heavy atom. The monoisotopic (exact) mass is 297 g/mol. The second kappa shape index (κ2) is 6.09. The molecule has 1 heterocycles. The van der Waals surface area contributed by atoms with E-state index in [4.69, 9.17) is 0 Å². The van der Waals surface area contributed by atoms with Gasteiger partial charge in [-0.15, -0.1) is 0 Å². The second-order valence-electron chi connectivity index (χ2n) is 6.44. The molecular weight excluding hydrogens is 274 g/mol. The van der Waals surface area contributed by atoms with Crippen LogP contribution in [0.5, 0.6) is 0 Å². The van der Waals surface area contributed by atoms with E-state index in [2.05, 4.69) is 29.2 Å². The lowest BCUT2D eigenvalue weighted by atomic mass is 9.87. The quantitative estimate of drug-likeness (QED) is 0.935. The molecule has 0 aromatic heterocycles. The molecule has 3 heteroatoms. The number of hydrogen-bond donors (Lipinski definition) is 1. The number of aliphatic carboxylic acids is 1. The number of hydrogen-bond acceptors (Lipinski definition) is 2. The third-order valence-corrected chi connectivity index (χ3v) is 4.93. The fourth-order valence-electron chi connectivity index (χ4n) is 3.53. The van der Waals surface area contributed by atoms with E-state index >= 15 is 0 Å². The molecule has 3 rings (SSSR count). The van der Waals surface area contributed by atoms with Crippen LogP contribution < -0.4 is 0 Å². The Kier molecular flexibility index (Phi) is 4.16. The highest BCUT2D eigenvalue weighted by Crippen LogP contribution is 2.28. The van der Waals surface area contributed by atoms with Crippen molar-refractivity contribution in [2.75, 3.05) is 13.1 Å². The summed E-state index contributed by atoms with van der Waals surface area (Å²) in [6.07, 6.45) is 3.95. The molecule has 1 aliphatic rings. The van der Waals surface area contributed by atoms with Crippen molar-refractivity contribution in [1.82, 2.24) is 4.90 Å². The number of piperidine rings is 1. The van der Waals surface area contributed by atoms with Crippen molar-refractivity contribution in [2.24, 2.45) is 0 Å². The molecule has 2 aromatic carbocycles. The van der Waals surface area contributed by atoms with Crippen LogP contribution in [0.2, 0.25) is 0 Å². The summed E-state index contributed by atoms with van der Waals surface area (Å²) < 4.78 is 0. The molecule has 0 saturated carbocycles. The minimum Gasteiger partial charge on any atom is -0.480 e. The predicted molar refractivity (Wildman–Crippen MR) is 89.1 cm³/mol. The van der Waals surface area contributed by atoms with Gasteiger partial charge in [-0.3, -0.25) is 9.69 Å². The van der Waals surface area contributed by atoms with Crippen LogP contribution in [0.25, 0.3) is 10.8 Å². The number of carboxylic acid groups (broad SMARTS) is 1. The first-order valence-corrected chi connectivity index (χ1v) is 8.06. The van der Waals surface area contributed by atoms with Crippen LogP contribution >= 0.6 is 0 Å². The lowest BCUT2D eigenvalue weighted by molar-refractivity contribution is -0.151. The Bertz CT molecular complexity index is 671. The molecule has 1 atom stereocenters. The summed E-state index contributed by atoms with van der Waals surface area (Å²) in [6.45, 7) is 3.64. The van der Waals surface area contributed by atoms with Crippen molar-refractivity contribution in [3.63, 3.8) is 0 Å². The summed E-state index contributed by atoms with van der Waals surface area (Å²) in [5.74, 6) is -0.720. The Morgan fingerprint density at radius 1 is 1.09 bits per heavy atom. The molecule has 116 valence electrons. The SMILES string of the molecule is CC(Cc1cccc2ccccc12)(C(=O)O)N1CCCCC1. The second-order valence-corrected chi connectivity index (χ2v) is 6.44. The summed E-state index contributed by atoms with van der Waals surface area (Å²) in [4.78, 5) is 14.2. The van der Waals surface area contributed by atoms with E-state index in [1.807, 2.05) is 25.1 Å². The van der Waals surface area contributed by atoms with Crippen LogP contribution in [0.15, 0.2) is 42.5 Å². The van der Waals surface area contributed by atoms with Crippen LogP contribution in [-0.2, 0) is 11.2 Å². The zero-order chi connectivity index (χ0) is 15.6. The number of carbonyl (C=O) groups is 1. The smallest absolute Gasteiger partial charge is 0.324 e. The topological polar surface area (TPSA) is 40.5 Å². The fraction of sp³-hybridized carbons (Fsp3) is 0.421. The van der Waals surface area contributed by atoms with E-state index in [0.717, 1.165) is 36.9 Å². The van der Waals surface area contributed by atoms with Crippen LogP contribution in [-0.4, -0.2) is 34.6 Å². The lowest BCUT2D eigenvalue weighted by Gasteiger charge is -2.40. The Morgan fingerprint density at radius 2 is 1.77 bits per heavy atom. The van der Waals surface area contributed by atoms with E-state index in [-0.39, 0.29) is 0 Å². The maximum Gasteiger partial charge on any atom is 0.324 e. The summed E-state index contributed by atoms with van der Waals surface area (Å²) in [5.41, 5.74) is 0.290. The van der Waals surface area contributed by atoms with Gasteiger partial charge in [0.15, 0.2) is 0 Å². The number of nitrogens with zero attached hydrogens (tertiary/aromatic N) is 1. The van der Waals surface area contributed by atoms with E-state index < -0.39 is 11.5 Å². The van der Waals surface area contributed by atoms with E-state index in [1.165, 1.54) is 11.8 Å². The van der Waals surface area contributed by atoms with Crippen molar-refractivity contribution in [3.8, 4) is 0 Å². The van der Waals surface area contributed by atoms with Gasteiger partial charge in [0.1, 0.15) is 5.54 Å². The number of rotatable bonds is 4. The normalized spacial score (nSPS) is 19.0. The largest absolute Gasteiger partial charge is 0.480 e. The van der Waals surface area contributed by atoms with Gasteiger partial charge in [0.2, 0.25) is 0 Å². The molecule has 22 heavy (non-hydrogen) atoms. The number of likely N-dealkylation sites (tertiary alicyclic amines) is 1. The average molecular weight is 297 g/mol. The molecular formula is C19H23NO2. The average Bonchev–Trinajstić information content (AvgIpc) is 2.56. The summed E-state index contributed by atoms with van der Waals surface area (Å²) in [7, 11) is 0. The van der Waals surface area contributed by atoms with Crippen LogP contribution in [0.3, 0.4) is 0 Å². The summed E-state index contributed by atoms with van der Waals surface area (Å²) >= 11 is 0. The fourth-order valence-corrected chi connectivity index (χ4v) is 3.53. The van der Waals surface area contributed by atoms with Gasteiger partial charge in [0, 0.05) is 6.42 Å². The standard InChI is InChI=1S/C19H23NO2/c1-19(18(21)22,20-12-5-2-6-13-20)14-16-10-7-9-15-8-3-4-11-17(15)16/h3-4,7-11H,2,5-6,12-14H2,1H3,(H,21,22). The van der Waals surface area contributed by atoms with Crippen molar-refractivity contribution in [2.45, 2.75) is 38.1 Å². The van der Waals surface area contributed by atoms with Gasteiger partial charge in [-0.25, -0.2) is 0 Å². The Hall–Kier alpha value is -1.87. The highest BCUT2D eigenvalue weighted by molar-refractivity contribution is 5.87. The zero-order valence-corrected chi connectivity index (χ0v) is 13.1. The number of carboxylic acids is 1. The Balaban J connectivity index is 1.97. The third kappa shape index (κ3) is 2.73. The minimum atomic E-state index is -0.829. The third-order valence-electron chi connectivity index (χ3n) is 4.93. The van der Waals surface area contributed by atoms with E-state index in [1.54, 1.807) is 0 Å². The predicted octanol–water partition coefficient (Wildman–Crippen LogP) is 3.71. The van der Waals surface area contributed by atoms with Gasteiger partial charge in [0.25, 0.3) is 0 Å². The summed E-state index contributed by atoms with van der Waals surface area (Å²) in [6, 6.07) is 14.4.